The first kappa shape index (κ1) is 13.9. The summed E-state index contributed by atoms with van der Waals surface area (Å²) in [4.78, 5) is 15.1. The maximum absolute atomic E-state index is 11.1. The first-order valence-corrected chi connectivity index (χ1v) is 6.43. The predicted molar refractivity (Wildman–Crippen MR) is 78.9 cm³/mol. The van der Waals surface area contributed by atoms with E-state index in [2.05, 4.69) is 22.4 Å². The number of aromatic carboxylic acids is 1. The molecule has 0 amide bonds. The van der Waals surface area contributed by atoms with Gasteiger partial charge in [0.15, 0.2) is 0 Å². The number of nitrogens with one attached hydrogen (secondary N) is 1. The zero-order valence-corrected chi connectivity index (χ0v) is 11.0. The molecule has 20 heavy (non-hydrogen) atoms. The molecule has 0 saturated heterocycles. The van der Waals surface area contributed by atoms with Gasteiger partial charge in [-0.05, 0) is 24.5 Å². The molecule has 1 heterocycles. The zero-order valence-electron chi connectivity index (χ0n) is 11.0. The fourth-order valence-corrected chi connectivity index (χ4v) is 1.93. The Morgan fingerprint density at radius 2 is 2.05 bits per heavy atom. The number of hydrogen-bond donors (Lipinski definition) is 3. The number of carboxylic acid groups (broad SMARTS) is 1. The van der Waals surface area contributed by atoms with Gasteiger partial charge in [0, 0.05) is 6.54 Å². The van der Waals surface area contributed by atoms with Gasteiger partial charge in [0.05, 0.1) is 11.9 Å². The lowest BCUT2D eigenvalue weighted by Gasteiger charge is -2.09. The average molecular weight is 271 g/mol. The molecule has 1 aromatic heterocycles. The molecule has 0 radical (unpaired) electrons. The Kier molecular flexibility index (Phi) is 4.55. The Labute approximate surface area is 117 Å². The molecule has 0 spiro atoms. The molecule has 0 unspecified atom stereocenters. The number of aryl methyl sites for hydroxylation is 1. The quantitative estimate of drug-likeness (QED) is 0.702. The minimum atomic E-state index is -1.03. The Bertz CT molecular complexity index is 585. The number of hydrogen-bond acceptors (Lipinski definition) is 4. The summed E-state index contributed by atoms with van der Waals surface area (Å²) in [7, 11) is 0. The molecule has 0 aliphatic heterocycles. The van der Waals surface area contributed by atoms with E-state index >= 15 is 0 Å². The van der Waals surface area contributed by atoms with Crippen LogP contribution >= 0.6 is 0 Å². The third kappa shape index (κ3) is 3.71. The van der Waals surface area contributed by atoms with Gasteiger partial charge < -0.3 is 16.2 Å². The number of pyridine rings is 1. The Morgan fingerprint density at radius 1 is 1.30 bits per heavy atom. The number of nitrogens with two attached hydrogens (primary N) is 1. The number of carbonyl (C=O) groups is 1. The van der Waals surface area contributed by atoms with Crippen molar-refractivity contribution in [2.45, 2.75) is 12.8 Å². The molecular formula is C15H17N3O2. The topological polar surface area (TPSA) is 88.2 Å². The number of aromatic nitrogens is 1. The van der Waals surface area contributed by atoms with Crippen LogP contribution in [0.2, 0.25) is 0 Å². The summed E-state index contributed by atoms with van der Waals surface area (Å²) in [6.07, 6.45) is 3.28. The van der Waals surface area contributed by atoms with Crippen LogP contribution in [0.3, 0.4) is 0 Å². The second-order valence-corrected chi connectivity index (χ2v) is 4.49. The molecule has 104 valence electrons. The number of nitrogen functional groups attached to an aromatic ring is 1. The van der Waals surface area contributed by atoms with E-state index in [-0.39, 0.29) is 5.56 Å². The van der Waals surface area contributed by atoms with E-state index in [0.29, 0.717) is 18.1 Å². The van der Waals surface area contributed by atoms with Crippen LogP contribution in [-0.4, -0.2) is 22.6 Å². The van der Waals surface area contributed by atoms with Crippen molar-refractivity contribution >= 4 is 17.5 Å². The lowest BCUT2D eigenvalue weighted by atomic mass is 10.1. The molecule has 2 aromatic rings. The summed E-state index contributed by atoms with van der Waals surface area (Å²) in [5.41, 5.74) is 7.25. The summed E-state index contributed by atoms with van der Waals surface area (Å²) in [6, 6.07) is 11.6. The summed E-state index contributed by atoms with van der Waals surface area (Å²) < 4.78 is 0. The highest BCUT2D eigenvalue weighted by atomic mass is 16.4. The maximum Gasteiger partial charge on any atom is 0.339 e. The van der Waals surface area contributed by atoms with Crippen LogP contribution in [0.25, 0.3) is 0 Å². The van der Waals surface area contributed by atoms with Gasteiger partial charge in [-0.25, -0.2) is 9.78 Å². The molecule has 5 nitrogen and oxygen atoms in total. The minimum Gasteiger partial charge on any atom is -0.478 e. The van der Waals surface area contributed by atoms with Crippen molar-refractivity contribution in [3.05, 3.63) is 53.7 Å². The SMILES string of the molecule is Nc1cnc(NCCCc2ccccc2)c(C(=O)O)c1. The lowest BCUT2D eigenvalue weighted by Crippen LogP contribution is -2.10. The van der Waals surface area contributed by atoms with E-state index in [1.165, 1.54) is 17.8 Å². The highest BCUT2D eigenvalue weighted by Gasteiger charge is 2.11. The van der Waals surface area contributed by atoms with Crippen molar-refractivity contribution < 1.29 is 9.90 Å². The van der Waals surface area contributed by atoms with E-state index in [0.717, 1.165) is 12.8 Å². The number of carboxylic acids is 1. The standard InChI is InChI=1S/C15H17N3O2/c16-12-9-13(15(19)20)14(18-10-12)17-8-4-7-11-5-2-1-3-6-11/h1-3,5-6,9-10H,4,7-8,16H2,(H,17,18)(H,19,20). The molecule has 0 saturated carbocycles. The van der Waals surface area contributed by atoms with Gasteiger partial charge in [-0.1, -0.05) is 30.3 Å². The van der Waals surface area contributed by atoms with Gasteiger partial charge in [0.1, 0.15) is 11.4 Å². The molecular weight excluding hydrogens is 254 g/mol. The van der Waals surface area contributed by atoms with Gasteiger partial charge in [-0.2, -0.15) is 0 Å². The summed E-state index contributed by atoms with van der Waals surface area (Å²) >= 11 is 0. The van der Waals surface area contributed by atoms with Crippen LogP contribution in [0, 0.1) is 0 Å². The molecule has 1 aromatic carbocycles. The van der Waals surface area contributed by atoms with E-state index in [1.54, 1.807) is 0 Å². The molecule has 0 bridgehead atoms. The maximum atomic E-state index is 11.1. The monoisotopic (exact) mass is 271 g/mol. The molecule has 0 fully saturated rings. The highest BCUT2D eigenvalue weighted by molar-refractivity contribution is 5.94. The number of benzene rings is 1. The smallest absolute Gasteiger partial charge is 0.339 e. The number of nitrogens with zero attached hydrogens (tertiary/aromatic N) is 1. The predicted octanol–water partition coefficient (Wildman–Crippen LogP) is 2.41. The minimum absolute atomic E-state index is 0.102. The van der Waals surface area contributed by atoms with E-state index in [9.17, 15) is 4.79 Å². The van der Waals surface area contributed by atoms with Gasteiger partial charge in [-0.3, -0.25) is 0 Å². The number of anilines is 2. The zero-order chi connectivity index (χ0) is 14.4. The van der Waals surface area contributed by atoms with Gasteiger partial charge in [0.2, 0.25) is 0 Å². The number of rotatable bonds is 6. The van der Waals surface area contributed by atoms with Crippen LogP contribution in [0.1, 0.15) is 22.3 Å². The van der Waals surface area contributed by atoms with Crippen molar-refractivity contribution in [3.8, 4) is 0 Å². The van der Waals surface area contributed by atoms with Crippen LogP contribution in [0.15, 0.2) is 42.6 Å². The van der Waals surface area contributed by atoms with Gasteiger partial charge in [-0.15, -0.1) is 0 Å². The summed E-state index contributed by atoms with van der Waals surface area (Å²) in [5, 5.41) is 12.1. The van der Waals surface area contributed by atoms with Crippen LogP contribution in [0.5, 0.6) is 0 Å². The van der Waals surface area contributed by atoms with Gasteiger partial charge in [0.25, 0.3) is 0 Å². The highest BCUT2D eigenvalue weighted by Crippen LogP contribution is 2.15. The van der Waals surface area contributed by atoms with Crippen molar-refractivity contribution in [2.24, 2.45) is 0 Å². The summed E-state index contributed by atoms with van der Waals surface area (Å²) in [5.74, 6) is -0.671. The Hall–Kier alpha value is -2.56. The molecule has 5 heteroatoms. The van der Waals surface area contributed by atoms with Crippen molar-refractivity contribution in [1.82, 2.24) is 4.98 Å². The molecule has 2 rings (SSSR count). The van der Waals surface area contributed by atoms with Crippen molar-refractivity contribution in [1.29, 1.82) is 0 Å². The van der Waals surface area contributed by atoms with Crippen molar-refractivity contribution in [3.63, 3.8) is 0 Å². The Balaban J connectivity index is 1.90. The van der Waals surface area contributed by atoms with E-state index < -0.39 is 5.97 Å². The van der Waals surface area contributed by atoms with Crippen LogP contribution in [0.4, 0.5) is 11.5 Å². The molecule has 0 aliphatic carbocycles. The van der Waals surface area contributed by atoms with E-state index in [4.69, 9.17) is 10.8 Å². The first-order chi connectivity index (χ1) is 9.66. The summed E-state index contributed by atoms with van der Waals surface area (Å²) in [6.45, 7) is 0.659. The largest absolute Gasteiger partial charge is 0.478 e. The second kappa shape index (κ2) is 6.56. The average Bonchev–Trinajstić information content (AvgIpc) is 2.45. The second-order valence-electron chi connectivity index (χ2n) is 4.49. The lowest BCUT2D eigenvalue weighted by molar-refractivity contribution is 0.0697. The van der Waals surface area contributed by atoms with Crippen LogP contribution < -0.4 is 11.1 Å². The normalized spacial score (nSPS) is 10.2. The molecule has 0 aliphatic rings. The first-order valence-electron chi connectivity index (χ1n) is 6.43. The third-order valence-corrected chi connectivity index (χ3v) is 2.92. The third-order valence-electron chi connectivity index (χ3n) is 2.92. The molecule has 0 atom stereocenters. The van der Waals surface area contributed by atoms with Crippen molar-refractivity contribution in [2.75, 3.05) is 17.6 Å². The van der Waals surface area contributed by atoms with E-state index in [1.807, 2.05) is 18.2 Å². The fraction of sp³-hybridized carbons (Fsp3) is 0.200. The van der Waals surface area contributed by atoms with Crippen LogP contribution in [-0.2, 0) is 6.42 Å². The Morgan fingerprint density at radius 3 is 2.75 bits per heavy atom. The fourth-order valence-electron chi connectivity index (χ4n) is 1.93. The molecule has 4 N–H and O–H groups in total. The van der Waals surface area contributed by atoms with Gasteiger partial charge >= 0.3 is 5.97 Å².